The van der Waals surface area contributed by atoms with Crippen LogP contribution in [0.2, 0.25) is 0 Å². The monoisotopic (exact) mass is 330 g/mol. The minimum Gasteiger partial charge on any atom is -0.480 e. The van der Waals surface area contributed by atoms with E-state index in [0.29, 0.717) is 13.0 Å². The summed E-state index contributed by atoms with van der Waals surface area (Å²) in [6, 6.07) is 0. The number of hydrogen-bond donors (Lipinski definition) is 4. The number of carbonyl (C=O) groups excluding carboxylic acids is 1. The second-order valence-corrected chi connectivity index (χ2v) is 6.66. The zero-order valence-electron chi connectivity index (χ0n) is 12.3. The van der Waals surface area contributed by atoms with Gasteiger partial charge >= 0.3 is 11.9 Å². The van der Waals surface area contributed by atoms with Crippen LogP contribution < -0.4 is 11.1 Å². The van der Waals surface area contributed by atoms with E-state index in [2.05, 4.69) is 5.32 Å². The number of amides is 1. The van der Waals surface area contributed by atoms with Gasteiger partial charge in [-0.25, -0.2) is 9.18 Å². The minimum absolute atomic E-state index is 0.0464. The smallest absolute Gasteiger partial charge is 0.342 e. The second kappa shape index (κ2) is 5.13. The van der Waals surface area contributed by atoms with Gasteiger partial charge in [0.1, 0.15) is 5.54 Å². The lowest BCUT2D eigenvalue weighted by Crippen LogP contribution is -2.60. The molecule has 0 bridgehead atoms. The molecule has 6 atom stereocenters. The molecule has 3 rings (SSSR count). The van der Waals surface area contributed by atoms with Crippen molar-refractivity contribution in [1.82, 2.24) is 5.32 Å². The summed E-state index contributed by atoms with van der Waals surface area (Å²) in [5.41, 5.74) is 1.23. The van der Waals surface area contributed by atoms with Crippen molar-refractivity contribution in [3.8, 4) is 0 Å². The molecule has 1 aliphatic heterocycles. The number of ether oxygens (including phenoxy) is 1. The molecule has 1 unspecified atom stereocenters. The van der Waals surface area contributed by atoms with Crippen molar-refractivity contribution in [2.24, 2.45) is 23.5 Å². The highest BCUT2D eigenvalue weighted by Gasteiger charge is 2.85. The van der Waals surface area contributed by atoms with Crippen LogP contribution in [0.5, 0.6) is 0 Å². The highest BCUT2D eigenvalue weighted by Crippen LogP contribution is 2.67. The molecular weight excluding hydrogens is 311 g/mol. The van der Waals surface area contributed by atoms with E-state index in [1.54, 1.807) is 0 Å². The van der Waals surface area contributed by atoms with E-state index in [1.807, 2.05) is 0 Å². The highest BCUT2D eigenvalue weighted by atomic mass is 19.1. The van der Waals surface area contributed by atoms with Crippen molar-refractivity contribution in [2.45, 2.75) is 36.6 Å². The van der Waals surface area contributed by atoms with Gasteiger partial charge in [0.2, 0.25) is 11.6 Å². The molecule has 2 aliphatic carbocycles. The lowest BCUT2D eigenvalue weighted by atomic mass is 9.87. The van der Waals surface area contributed by atoms with Gasteiger partial charge in [0.15, 0.2) is 0 Å². The fraction of sp³-hybridized carbons (Fsp3) is 0.786. The Labute approximate surface area is 131 Å². The van der Waals surface area contributed by atoms with Gasteiger partial charge in [-0.15, -0.1) is 0 Å². The van der Waals surface area contributed by atoms with E-state index in [9.17, 15) is 23.9 Å². The third-order valence-corrected chi connectivity index (χ3v) is 5.38. The summed E-state index contributed by atoms with van der Waals surface area (Å²) in [4.78, 5) is 33.9. The SMILES string of the molecule is N[C@]1(C(=O)O)[C@H]2[C@@H](C[C@H]1OCC1CCNC(=O)C1)[C@]2(F)C(=O)O. The number of carboxylic acids is 2. The number of halogens is 1. The van der Waals surface area contributed by atoms with Gasteiger partial charge in [0, 0.05) is 24.8 Å². The molecular formula is C14H19FN2O6. The maximum absolute atomic E-state index is 14.4. The number of carboxylic acid groups (broad SMARTS) is 2. The zero-order chi connectivity index (χ0) is 17.0. The number of piperidine rings is 1. The standard InChI is InChI=1S/C14H19FN2O6/c15-13(11(19)20)7-4-8(14(16,10(7)13)12(21)22)23-5-6-1-2-17-9(18)3-6/h6-8,10H,1-5,16H2,(H,17,18)(H,19,20)(H,21,22)/t6?,7-,8-,10+,13-,14+/m1/s1. The van der Waals surface area contributed by atoms with Crippen LogP contribution in [0.3, 0.4) is 0 Å². The van der Waals surface area contributed by atoms with Crippen LogP contribution >= 0.6 is 0 Å². The molecule has 9 heteroatoms. The molecule has 8 nitrogen and oxygen atoms in total. The van der Waals surface area contributed by atoms with Crippen molar-refractivity contribution in [1.29, 1.82) is 0 Å². The normalized spacial score (nSPS) is 45.2. The Morgan fingerprint density at radius 2 is 2.09 bits per heavy atom. The van der Waals surface area contributed by atoms with E-state index in [4.69, 9.17) is 15.6 Å². The van der Waals surface area contributed by atoms with E-state index in [-0.39, 0.29) is 31.3 Å². The van der Waals surface area contributed by atoms with Crippen LogP contribution in [0.1, 0.15) is 19.3 Å². The molecule has 0 spiro atoms. The number of hydrogen-bond acceptors (Lipinski definition) is 5. The van der Waals surface area contributed by atoms with Crippen LogP contribution in [0.25, 0.3) is 0 Å². The Morgan fingerprint density at radius 1 is 1.39 bits per heavy atom. The molecule has 0 radical (unpaired) electrons. The van der Waals surface area contributed by atoms with Crippen LogP contribution in [-0.4, -0.2) is 58.5 Å². The van der Waals surface area contributed by atoms with Crippen molar-refractivity contribution >= 4 is 17.8 Å². The van der Waals surface area contributed by atoms with Gasteiger partial charge in [-0.1, -0.05) is 0 Å². The molecule has 3 aliphatic rings. The molecule has 128 valence electrons. The van der Waals surface area contributed by atoms with Gasteiger partial charge in [-0.05, 0) is 18.8 Å². The first-order valence-electron chi connectivity index (χ1n) is 7.55. The van der Waals surface area contributed by atoms with Crippen LogP contribution in [0.15, 0.2) is 0 Å². The summed E-state index contributed by atoms with van der Waals surface area (Å²) < 4.78 is 20.0. The van der Waals surface area contributed by atoms with Crippen molar-refractivity contribution in [3.05, 3.63) is 0 Å². The molecule has 1 amide bonds. The molecule has 1 saturated heterocycles. The van der Waals surface area contributed by atoms with E-state index >= 15 is 0 Å². The van der Waals surface area contributed by atoms with E-state index < -0.39 is 41.1 Å². The van der Waals surface area contributed by atoms with Crippen LogP contribution in [0.4, 0.5) is 4.39 Å². The lowest BCUT2D eigenvalue weighted by Gasteiger charge is -2.33. The Bertz CT molecular complexity index is 571. The first-order valence-corrected chi connectivity index (χ1v) is 7.55. The zero-order valence-corrected chi connectivity index (χ0v) is 12.3. The summed E-state index contributed by atoms with van der Waals surface area (Å²) in [5, 5.41) is 21.1. The third-order valence-electron chi connectivity index (χ3n) is 5.38. The second-order valence-electron chi connectivity index (χ2n) is 6.66. The number of aliphatic carboxylic acids is 2. The van der Waals surface area contributed by atoms with Crippen molar-refractivity contribution < 1.29 is 33.7 Å². The number of fused-ring (bicyclic) bond motifs is 1. The van der Waals surface area contributed by atoms with Gasteiger partial charge < -0.3 is 26.0 Å². The largest absolute Gasteiger partial charge is 0.480 e. The summed E-state index contributed by atoms with van der Waals surface area (Å²) in [6.07, 6.45) is -0.0112. The van der Waals surface area contributed by atoms with Gasteiger partial charge in [0.05, 0.1) is 12.7 Å². The summed E-state index contributed by atoms with van der Waals surface area (Å²) in [7, 11) is 0. The summed E-state index contributed by atoms with van der Waals surface area (Å²) in [5.74, 6) is -5.51. The van der Waals surface area contributed by atoms with Crippen LogP contribution in [-0.2, 0) is 19.1 Å². The fourth-order valence-corrected chi connectivity index (χ4v) is 4.05. The molecule has 0 aromatic rings. The number of carbonyl (C=O) groups is 3. The molecule has 3 fully saturated rings. The van der Waals surface area contributed by atoms with Crippen molar-refractivity contribution in [3.63, 3.8) is 0 Å². The van der Waals surface area contributed by atoms with Crippen molar-refractivity contribution in [2.75, 3.05) is 13.2 Å². The number of alkyl halides is 1. The number of nitrogens with two attached hydrogens (primary N) is 1. The topological polar surface area (TPSA) is 139 Å². The number of nitrogens with one attached hydrogen (secondary N) is 1. The maximum atomic E-state index is 14.4. The van der Waals surface area contributed by atoms with Gasteiger partial charge in [-0.2, -0.15) is 0 Å². The fourth-order valence-electron chi connectivity index (χ4n) is 4.05. The highest BCUT2D eigenvalue weighted by molar-refractivity contribution is 5.90. The minimum atomic E-state index is -2.59. The predicted molar refractivity (Wildman–Crippen MR) is 73.1 cm³/mol. The lowest BCUT2D eigenvalue weighted by molar-refractivity contribution is -0.156. The predicted octanol–water partition coefficient (Wildman–Crippen LogP) is -0.877. The average molecular weight is 330 g/mol. The Hall–Kier alpha value is -1.74. The maximum Gasteiger partial charge on any atom is 0.342 e. The van der Waals surface area contributed by atoms with Gasteiger partial charge in [-0.3, -0.25) is 9.59 Å². The summed E-state index contributed by atoms with van der Waals surface area (Å²) >= 11 is 0. The Kier molecular flexibility index (Phi) is 3.60. The Morgan fingerprint density at radius 3 is 2.65 bits per heavy atom. The third kappa shape index (κ3) is 2.21. The first-order chi connectivity index (χ1) is 10.7. The molecule has 0 aromatic heterocycles. The Balaban J connectivity index is 1.68. The molecule has 2 saturated carbocycles. The number of rotatable bonds is 5. The van der Waals surface area contributed by atoms with Gasteiger partial charge in [0.25, 0.3) is 0 Å². The first kappa shape index (κ1) is 16.1. The van der Waals surface area contributed by atoms with Crippen LogP contribution in [0, 0.1) is 17.8 Å². The summed E-state index contributed by atoms with van der Waals surface area (Å²) in [6.45, 7) is 0.679. The molecule has 5 N–H and O–H groups in total. The average Bonchev–Trinajstić information content (AvgIpc) is 2.95. The van der Waals surface area contributed by atoms with E-state index in [1.165, 1.54) is 0 Å². The molecule has 1 heterocycles. The quantitative estimate of drug-likeness (QED) is 0.513. The molecule has 23 heavy (non-hydrogen) atoms. The van der Waals surface area contributed by atoms with E-state index in [0.717, 1.165) is 0 Å². The molecule has 0 aromatic carbocycles.